The van der Waals surface area contributed by atoms with Crippen LogP contribution in [0.1, 0.15) is 38.0 Å². The van der Waals surface area contributed by atoms with Crippen molar-refractivity contribution in [3.63, 3.8) is 0 Å². The molecule has 92 valence electrons. The van der Waals surface area contributed by atoms with Gasteiger partial charge >= 0.3 is 0 Å². The quantitative estimate of drug-likeness (QED) is 0.825. The summed E-state index contributed by atoms with van der Waals surface area (Å²) in [4.78, 5) is 0. The van der Waals surface area contributed by atoms with E-state index in [-0.39, 0.29) is 5.25 Å². The van der Waals surface area contributed by atoms with Crippen LogP contribution in [0.4, 0.5) is 0 Å². The standard InChI is InChI=1S/C11H16N4OS/c1-2-9(6-12)17-11-15-14-10(16-11)8-4-3-5-13-7-8/h8-9,13H,2-5,7H2,1H3. The molecule has 2 unspecified atom stereocenters. The van der Waals surface area contributed by atoms with E-state index in [9.17, 15) is 0 Å². The number of aromatic nitrogens is 2. The normalized spacial score (nSPS) is 22.0. The fourth-order valence-corrected chi connectivity index (χ4v) is 2.50. The van der Waals surface area contributed by atoms with Crippen molar-refractivity contribution in [2.45, 2.75) is 42.6 Å². The third kappa shape index (κ3) is 3.20. The second-order valence-electron chi connectivity index (χ2n) is 4.09. The molecular formula is C11H16N4OS. The van der Waals surface area contributed by atoms with Gasteiger partial charge in [0.05, 0.1) is 6.07 Å². The molecule has 0 radical (unpaired) electrons. The van der Waals surface area contributed by atoms with Gasteiger partial charge in [-0.25, -0.2) is 0 Å². The van der Waals surface area contributed by atoms with Gasteiger partial charge in [0.2, 0.25) is 5.89 Å². The lowest BCUT2D eigenvalue weighted by molar-refractivity contribution is 0.344. The van der Waals surface area contributed by atoms with Crippen LogP contribution in [0, 0.1) is 11.3 Å². The molecular weight excluding hydrogens is 236 g/mol. The molecule has 0 aliphatic carbocycles. The van der Waals surface area contributed by atoms with Gasteiger partial charge in [-0.2, -0.15) is 5.26 Å². The van der Waals surface area contributed by atoms with Crippen molar-refractivity contribution in [3.05, 3.63) is 5.89 Å². The Balaban J connectivity index is 1.97. The molecule has 1 aliphatic rings. The van der Waals surface area contributed by atoms with Crippen LogP contribution in [0.3, 0.4) is 0 Å². The number of nitrogens with zero attached hydrogens (tertiary/aromatic N) is 3. The summed E-state index contributed by atoms with van der Waals surface area (Å²) < 4.78 is 5.61. The Morgan fingerprint density at radius 3 is 3.18 bits per heavy atom. The fourth-order valence-electron chi connectivity index (χ4n) is 1.82. The first-order valence-electron chi connectivity index (χ1n) is 5.94. The Bertz CT molecular complexity index is 394. The minimum atomic E-state index is -0.104. The molecule has 1 N–H and O–H groups in total. The summed E-state index contributed by atoms with van der Waals surface area (Å²) in [6, 6.07) is 2.21. The molecule has 2 rings (SSSR count). The van der Waals surface area contributed by atoms with Crippen LogP contribution in [0.15, 0.2) is 9.64 Å². The number of thioether (sulfide) groups is 1. The van der Waals surface area contributed by atoms with E-state index < -0.39 is 0 Å². The minimum Gasteiger partial charge on any atom is -0.416 e. The van der Waals surface area contributed by atoms with E-state index in [1.54, 1.807) is 0 Å². The molecule has 1 saturated heterocycles. The molecule has 1 aromatic heterocycles. The summed E-state index contributed by atoms with van der Waals surface area (Å²) in [5.74, 6) is 1.03. The zero-order chi connectivity index (χ0) is 12.1. The maximum absolute atomic E-state index is 8.87. The van der Waals surface area contributed by atoms with Crippen LogP contribution in [0.2, 0.25) is 0 Å². The van der Waals surface area contributed by atoms with E-state index in [4.69, 9.17) is 9.68 Å². The fraction of sp³-hybridized carbons (Fsp3) is 0.727. The van der Waals surface area contributed by atoms with Crippen molar-refractivity contribution >= 4 is 11.8 Å². The third-order valence-corrected chi connectivity index (χ3v) is 3.92. The summed E-state index contributed by atoms with van der Waals surface area (Å²) >= 11 is 1.35. The highest BCUT2D eigenvalue weighted by Crippen LogP contribution is 2.28. The van der Waals surface area contributed by atoms with E-state index in [0.717, 1.165) is 32.4 Å². The number of nitriles is 1. The first-order valence-corrected chi connectivity index (χ1v) is 6.81. The zero-order valence-electron chi connectivity index (χ0n) is 9.85. The molecule has 0 amide bonds. The van der Waals surface area contributed by atoms with Gasteiger partial charge in [0, 0.05) is 12.5 Å². The van der Waals surface area contributed by atoms with Gasteiger partial charge in [0.1, 0.15) is 5.25 Å². The Morgan fingerprint density at radius 1 is 1.65 bits per heavy atom. The second-order valence-corrected chi connectivity index (χ2v) is 5.25. The summed E-state index contributed by atoms with van der Waals surface area (Å²) in [6.07, 6.45) is 3.02. The van der Waals surface area contributed by atoms with E-state index >= 15 is 0 Å². The zero-order valence-corrected chi connectivity index (χ0v) is 10.7. The highest BCUT2D eigenvalue weighted by atomic mass is 32.2. The van der Waals surface area contributed by atoms with Crippen molar-refractivity contribution in [1.29, 1.82) is 5.26 Å². The third-order valence-electron chi connectivity index (χ3n) is 2.83. The predicted octanol–water partition coefficient (Wildman–Crippen LogP) is 1.93. The van der Waals surface area contributed by atoms with Crippen LogP contribution in [0.5, 0.6) is 0 Å². The maximum Gasteiger partial charge on any atom is 0.277 e. The SMILES string of the molecule is CCC(C#N)Sc1nnc(C2CCCNC2)o1. The predicted molar refractivity (Wildman–Crippen MR) is 64.7 cm³/mol. The summed E-state index contributed by atoms with van der Waals surface area (Å²) in [5, 5.41) is 20.7. The molecule has 6 heteroatoms. The van der Waals surface area contributed by atoms with Gasteiger partial charge in [-0.3, -0.25) is 0 Å². The largest absolute Gasteiger partial charge is 0.416 e. The number of rotatable bonds is 4. The van der Waals surface area contributed by atoms with Crippen LogP contribution < -0.4 is 5.32 Å². The molecule has 1 aliphatic heterocycles. The van der Waals surface area contributed by atoms with Crippen molar-refractivity contribution in [2.75, 3.05) is 13.1 Å². The van der Waals surface area contributed by atoms with Gasteiger partial charge in [0.15, 0.2) is 0 Å². The summed E-state index contributed by atoms with van der Waals surface area (Å²) in [7, 11) is 0. The monoisotopic (exact) mass is 252 g/mol. The van der Waals surface area contributed by atoms with Crippen LogP contribution in [-0.4, -0.2) is 28.5 Å². The van der Waals surface area contributed by atoms with Crippen LogP contribution in [-0.2, 0) is 0 Å². The smallest absolute Gasteiger partial charge is 0.277 e. The molecule has 1 fully saturated rings. The van der Waals surface area contributed by atoms with Crippen molar-refractivity contribution < 1.29 is 4.42 Å². The van der Waals surface area contributed by atoms with Gasteiger partial charge in [0.25, 0.3) is 5.22 Å². The first-order chi connectivity index (χ1) is 8.33. The highest BCUT2D eigenvalue weighted by molar-refractivity contribution is 7.99. The Labute approximate surface area is 105 Å². The lowest BCUT2D eigenvalue weighted by Gasteiger charge is -2.18. The second kappa shape index (κ2) is 6.03. The van der Waals surface area contributed by atoms with E-state index in [0.29, 0.717) is 17.0 Å². The van der Waals surface area contributed by atoms with Crippen molar-refractivity contribution in [2.24, 2.45) is 0 Å². The molecule has 0 spiro atoms. The van der Waals surface area contributed by atoms with Crippen LogP contribution >= 0.6 is 11.8 Å². The lowest BCUT2D eigenvalue weighted by Crippen LogP contribution is -2.28. The number of nitrogens with one attached hydrogen (secondary N) is 1. The van der Waals surface area contributed by atoms with Gasteiger partial charge in [-0.15, -0.1) is 10.2 Å². The van der Waals surface area contributed by atoms with Gasteiger partial charge < -0.3 is 9.73 Å². The van der Waals surface area contributed by atoms with Crippen molar-refractivity contribution in [3.8, 4) is 6.07 Å². The summed E-state index contributed by atoms with van der Waals surface area (Å²) in [6.45, 7) is 3.95. The van der Waals surface area contributed by atoms with E-state index in [2.05, 4.69) is 21.6 Å². The molecule has 2 atom stereocenters. The molecule has 0 saturated carbocycles. The Kier molecular flexibility index (Phi) is 4.40. The molecule has 1 aromatic rings. The number of piperidine rings is 1. The van der Waals surface area contributed by atoms with Gasteiger partial charge in [-0.05, 0) is 37.6 Å². The molecule has 0 aromatic carbocycles. The van der Waals surface area contributed by atoms with E-state index in [1.165, 1.54) is 11.8 Å². The Morgan fingerprint density at radius 2 is 2.53 bits per heavy atom. The average Bonchev–Trinajstić information content (AvgIpc) is 2.85. The van der Waals surface area contributed by atoms with Gasteiger partial charge in [-0.1, -0.05) is 6.92 Å². The molecule has 0 bridgehead atoms. The minimum absolute atomic E-state index is 0.104. The highest BCUT2D eigenvalue weighted by Gasteiger charge is 2.22. The average molecular weight is 252 g/mol. The van der Waals surface area contributed by atoms with Crippen molar-refractivity contribution in [1.82, 2.24) is 15.5 Å². The topological polar surface area (TPSA) is 74.7 Å². The number of hydrogen-bond donors (Lipinski definition) is 1. The maximum atomic E-state index is 8.87. The Hall–Kier alpha value is -1.06. The summed E-state index contributed by atoms with van der Waals surface area (Å²) in [5.41, 5.74) is 0. The number of hydrogen-bond acceptors (Lipinski definition) is 6. The molecule has 2 heterocycles. The lowest BCUT2D eigenvalue weighted by atomic mass is 10.00. The molecule has 17 heavy (non-hydrogen) atoms. The van der Waals surface area contributed by atoms with E-state index in [1.807, 2.05) is 6.92 Å². The van der Waals surface area contributed by atoms with Crippen LogP contribution in [0.25, 0.3) is 0 Å². The molecule has 5 nitrogen and oxygen atoms in total. The first kappa shape index (κ1) is 12.4.